The molecule has 0 radical (unpaired) electrons. The second kappa shape index (κ2) is 6.35. The Labute approximate surface area is 124 Å². The van der Waals surface area contributed by atoms with Crippen LogP contribution in [0, 0.1) is 0 Å². The van der Waals surface area contributed by atoms with Gasteiger partial charge < -0.3 is 5.32 Å². The molecule has 0 bridgehead atoms. The zero-order valence-corrected chi connectivity index (χ0v) is 12.9. The number of nitrogens with zero attached hydrogens (tertiary/aromatic N) is 2. The Morgan fingerprint density at radius 3 is 2.47 bits per heavy atom. The van der Waals surface area contributed by atoms with Crippen molar-refractivity contribution >= 4 is 15.9 Å². The van der Waals surface area contributed by atoms with Crippen molar-refractivity contribution in [2.45, 2.75) is 19.0 Å². The second-order valence-corrected chi connectivity index (χ2v) is 6.50. The van der Waals surface area contributed by atoms with Gasteiger partial charge in [0.05, 0.1) is 0 Å². The third kappa shape index (κ3) is 3.57. The fraction of sp³-hybridized carbons (Fsp3) is 0.600. The van der Waals surface area contributed by atoms with Crippen LogP contribution in [-0.2, 0) is 6.54 Å². The number of benzene rings is 1. The zero-order chi connectivity index (χ0) is 13.1. The molecule has 0 amide bonds. The molecule has 4 heteroatoms. The molecule has 1 aromatic carbocycles. The average Bonchev–Trinajstić information content (AvgIpc) is 2.96. The van der Waals surface area contributed by atoms with Gasteiger partial charge in [-0.05, 0) is 30.7 Å². The van der Waals surface area contributed by atoms with Gasteiger partial charge >= 0.3 is 0 Å². The van der Waals surface area contributed by atoms with Crippen LogP contribution in [0.2, 0.25) is 0 Å². The molecular formula is C15H22BrN3. The summed E-state index contributed by atoms with van der Waals surface area (Å²) in [5, 5.41) is 3.47. The summed E-state index contributed by atoms with van der Waals surface area (Å²) in [6.45, 7) is 8.32. The molecule has 0 saturated carbocycles. The summed E-state index contributed by atoms with van der Waals surface area (Å²) in [4.78, 5) is 5.24. The first-order chi connectivity index (χ1) is 9.31. The molecule has 2 aliphatic heterocycles. The van der Waals surface area contributed by atoms with Crippen molar-refractivity contribution in [3.8, 4) is 0 Å². The summed E-state index contributed by atoms with van der Waals surface area (Å²) in [7, 11) is 0. The van der Waals surface area contributed by atoms with Crippen LogP contribution < -0.4 is 5.32 Å². The van der Waals surface area contributed by atoms with E-state index in [9.17, 15) is 0 Å². The summed E-state index contributed by atoms with van der Waals surface area (Å²) in [5.41, 5.74) is 1.42. The van der Waals surface area contributed by atoms with Gasteiger partial charge in [0.15, 0.2) is 0 Å². The van der Waals surface area contributed by atoms with Gasteiger partial charge in [0.2, 0.25) is 0 Å². The largest absolute Gasteiger partial charge is 0.315 e. The Balaban J connectivity index is 1.48. The number of hydrogen-bond acceptors (Lipinski definition) is 3. The Hall–Kier alpha value is -0.420. The molecule has 3 rings (SSSR count). The van der Waals surface area contributed by atoms with Crippen LogP contribution in [0.3, 0.4) is 0 Å². The summed E-state index contributed by atoms with van der Waals surface area (Å²) in [5.74, 6) is 0. The fourth-order valence-corrected chi connectivity index (χ4v) is 3.35. The Bertz CT molecular complexity index is 392. The van der Waals surface area contributed by atoms with E-state index in [4.69, 9.17) is 0 Å². The van der Waals surface area contributed by atoms with E-state index in [-0.39, 0.29) is 0 Å². The van der Waals surface area contributed by atoms with Crippen molar-refractivity contribution in [3.05, 3.63) is 34.3 Å². The zero-order valence-electron chi connectivity index (χ0n) is 11.3. The first-order valence-corrected chi connectivity index (χ1v) is 8.02. The van der Waals surface area contributed by atoms with Gasteiger partial charge in [0.25, 0.3) is 0 Å². The van der Waals surface area contributed by atoms with Crippen LogP contribution in [0.4, 0.5) is 0 Å². The summed E-state index contributed by atoms with van der Waals surface area (Å²) in [6.07, 6.45) is 1.33. The number of piperazine rings is 1. The summed E-state index contributed by atoms with van der Waals surface area (Å²) in [6, 6.07) is 9.50. The van der Waals surface area contributed by atoms with E-state index in [0.717, 1.165) is 17.1 Å². The highest BCUT2D eigenvalue weighted by Gasteiger charge is 2.25. The minimum Gasteiger partial charge on any atom is -0.315 e. The van der Waals surface area contributed by atoms with Gasteiger partial charge in [-0.1, -0.05) is 28.1 Å². The average molecular weight is 324 g/mol. The van der Waals surface area contributed by atoms with Crippen molar-refractivity contribution in [2.24, 2.45) is 0 Å². The molecule has 2 aliphatic rings. The second-order valence-electron chi connectivity index (χ2n) is 5.59. The van der Waals surface area contributed by atoms with Gasteiger partial charge in [0.1, 0.15) is 0 Å². The van der Waals surface area contributed by atoms with Crippen molar-refractivity contribution in [1.29, 1.82) is 0 Å². The highest BCUT2D eigenvalue weighted by Crippen LogP contribution is 2.15. The van der Waals surface area contributed by atoms with E-state index in [1.54, 1.807) is 0 Å². The number of rotatable bonds is 3. The van der Waals surface area contributed by atoms with Crippen LogP contribution in [0.5, 0.6) is 0 Å². The highest BCUT2D eigenvalue weighted by molar-refractivity contribution is 9.10. The van der Waals surface area contributed by atoms with Crippen LogP contribution in [0.15, 0.2) is 28.7 Å². The quantitative estimate of drug-likeness (QED) is 0.917. The molecule has 0 aliphatic carbocycles. The lowest BCUT2D eigenvalue weighted by molar-refractivity contribution is 0.0981. The predicted octanol–water partition coefficient (Wildman–Crippen LogP) is 1.93. The summed E-state index contributed by atoms with van der Waals surface area (Å²) < 4.78 is 1.16. The van der Waals surface area contributed by atoms with Crippen LogP contribution in [0.25, 0.3) is 0 Å². The highest BCUT2D eigenvalue weighted by atomic mass is 79.9. The minimum absolute atomic E-state index is 0.787. The van der Waals surface area contributed by atoms with E-state index < -0.39 is 0 Å². The van der Waals surface area contributed by atoms with Crippen molar-refractivity contribution in [3.63, 3.8) is 0 Å². The minimum atomic E-state index is 0.787. The van der Waals surface area contributed by atoms with Gasteiger partial charge in [-0.2, -0.15) is 0 Å². The van der Waals surface area contributed by atoms with Crippen LogP contribution in [-0.4, -0.2) is 55.1 Å². The standard InChI is InChI=1S/C15H22BrN3/c16-14-3-1-13(2-4-14)12-18-7-9-19(10-8-18)15-5-6-17-11-15/h1-4,15,17H,5-12H2. The van der Waals surface area contributed by atoms with E-state index in [1.165, 1.54) is 51.3 Å². The molecule has 2 heterocycles. The molecule has 1 N–H and O–H groups in total. The van der Waals surface area contributed by atoms with E-state index in [1.807, 2.05) is 0 Å². The number of nitrogens with one attached hydrogen (secondary N) is 1. The van der Waals surface area contributed by atoms with Crippen LogP contribution in [0.1, 0.15) is 12.0 Å². The first kappa shape index (κ1) is 13.6. The van der Waals surface area contributed by atoms with Gasteiger partial charge in [-0.3, -0.25) is 9.80 Å². The van der Waals surface area contributed by atoms with Gasteiger partial charge in [0, 0.05) is 49.8 Å². The molecule has 0 aromatic heterocycles. The monoisotopic (exact) mass is 323 g/mol. The predicted molar refractivity (Wildman–Crippen MR) is 82.3 cm³/mol. The third-order valence-corrected chi connectivity index (χ3v) is 4.81. The molecule has 19 heavy (non-hydrogen) atoms. The number of halogens is 1. The normalized spacial score (nSPS) is 25.8. The smallest absolute Gasteiger partial charge is 0.0234 e. The lowest BCUT2D eigenvalue weighted by atomic mass is 10.1. The molecule has 0 spiro atoms. The SMILES string of the molecule is Brc1ccc(CN2CCN(C3CCNC3)CC2)cc1. The fourth-order valence-electron chi connectivity index (χ4n) is 3.09. The van der Waals surface area contributed by atoms with E-state index in [0.29, 0.717) is 0 Å². The Kier molecular flexibility index (Phi) is 4.53. The molecule has 1 atom stereocenters. The molecule has 2 saturated heterocycles. The molecule has 104 valence electrons. The molecule has 3 nitrogen and oxygen atoms in total. The van der Waals surface area contributed by atoms with E-state index >= 15 is 0 Å². The molecule has 2 fully saturated rings. The lowest BCUT2D eigenvalue weighted by Crippen LogP contribution is -2.50. The first-order valence-electron chi connectivity index (χ1n) is 7.23. The maximum Gasteiger partial charge on any atom is 0.0234 e. The molecular weight excluding hydrogens is 302 g/mol. The molecule has 1 unspecified atom stereocenters. The Morgan fingerprint density at radius 1 is 1.11 bits per heavy atom. The number of hydrogen-bond donors (Lipinski definition) is 1. The lowest BCUT2D eigenvalue weighted by Gasteiger charge is -2.37. The van der Waals surface area contributed by atoms with Gasteiger partial charge in [-0.25, -0.2) is 0 Å². The van der Waals surface area contributed by atoms with Crippen molar-refractivity contribution in [1.82, 2.24) is 15.1 Å². The molecule has 1 aromatic rings. The van der Waals surface area contributed by atoms with Crippen molar-refractivity contribution < 1.29 is 0 Å². The maximum absolute atomic E-state index is 3.49. The topological polar surface area (TPSA) is 18.5 Å². The maximum atomic E-state index is 3.49. The van der Waals surface area contributed by atoms with Crippen molar-refractivity contribution in [2.75, 3.05) is 39.3 Å². The third-order valence-electron chi connectivity index (χ3n) is 4.28. The summed E-state index contributed by atoms with van der Waals surface area (Å²) >= 11 is 3.49. The van der Waals surface area contributed by atoms with Gasteiger partial charge in [-0.15, -0.1) is 0 Å². The Morgan fingerprint density at radius 2 is 1.84 bits per heavy atom. The van der Waals surface area contributed by atoms with Crippen LogP contribution >= 0.6 is 15.9 Å². The van der Waals surface area contributed by atoms with E-state index in [2.05, 4.69) is 55.3 Å².